The number of nitrogens with zero attached hydrogens (tertiary/aromatic N) is 1. The van der Waals surface area contributed by atoms with Crippen LogP contribution in [0.4, 0.5) is 4.79 Å². The lowest BCUT2D eigenvalue weighted by molar-refractivity contribution is 0.190. The lowest BCUT2D eigenvalue weighted by Gasteiger charge is -2.26. The molecular weight excluding hydrogens is 200 g/mol. The summed E-state index contributed by atoms with van der Waals surface area (Å²) in [7, 11) is 0. The van der Waals surface area contributed by atoms with Gasteiger partial charge < -0.3 is 10.2 Å². The molecule has 0 unspecified atom stereocenters. The van der Waals surface area contributed by atoms with Crippen LogP contribution < -0.4 is 5.32 Å². The van der Waals surface area contributed by atoms with Crippen LogP contribution in [-0.2, 0) is 0 Å². The zero-order valence-corrected chi connectivity index (χ0v) is 10.0. The van der Waals surface area contributed by atoms with E-state index in [2.05, 4.69) is 5.32 Å². The van der Waals surface area contributed by atoms with E-state index in [1.54, 1.807) is 0 Å². The van der Waals surface area contributed by atoms with E-state index in [4.69, 9.17) is 0 Å². The number of rotatable bonds is 1. The molecule has 16 heavy (non-hydrogen) atoms. The molecule has 1 heterocycles. The fourth-order valence-corrected chi connectivity index (χ4v) is 2.50. The van der Waals surface area contributed by atoms with Crippen molar-refractivity contribution in [3.63, 3.8) is 0 Å². The van der Waals surface area contributed by atoms with Crippen molar-refractivity contribution in [3.8, 4) is 0 Å². The molecule has 0 radical (unpaired) electrons. The Hall–Kier alpha value is -0.990. The minimum Gasteiger partial charge on any atom is -0.325 e. The van der Waals surface area contributed by atoms with Gasteiger partial charge in [-0.2, -0.15) is 0 Å². The van der Waals surface area contributed by atoms with Gasteiger partial charge >= 0.3 is 6.03 Å². The summed E-state index contributed by atoms with van der Waals surface area (Å²) in [4.78, 5) is 13.7. The molecule has 0 atom stereocenters. The summed E-state index contributed by atoms with van der Waals surface area (Å²) in [5.41, 5.74) is 1.41. The highest BCUT2D eigenvalue weighted by Crippen LogP contribution is 2.21. The topological polar surface area (TPSA) is 32.3 Å². The predicted octanol–water partition coefficient (Wildman–Crippen LogP) is 3.03. The SMILES string of the molecule is O=C(NC=C1CCCCC1)N1CCCCC1. The maximum Gasteiger partial charge on any atom is 0.321 e. The van der Waals surface area contributed by atoms with Crippen LogP contribution in [0.3, 0.4) is 0 Å². The van der Waals surface area contributed by atoms with Gasteiger partial charge in [0, 0.05) is 19.3 Å². The molecule has 1 aliphatic heterocycles. The van der Waals surface area contributed by atoms with Gasteiger partial charge in [0.2, 0.25) is 0 Å². The van der Waals surface area contributed by atoms with Gasteiger partial charge in [-0.3, -0.25) is 0 Å². The van der Waals surface area contributed by atoms with Gasteiger partial charge in [0.15, 0.2) is 0 Å². The number of likely N-dealkylation sites (tertiary alicyclic amines) is 1. The predicted molar refractivity (Wildman–Crippen MR) is 65.1 cm³/mol. The van der Waals surface area contributed by atoms with E-state index < -0.39 is 0 Å². The lowest BCUT2D eigenvalue weighted by Crippen LogP contribution is -2.41. The third kappa shape index (κ3) is 3.26. The summed E-state index contributed by atoms with van der Waals surface area (Å²) in [6.45, 7) is 1.85. The lowest BCUT2D eigenvalue weighted by atomic mass is 9.96. The van der Waals surface area contributed by atoms with Crippen LogP contribution in [-0.4, -0.2) is 24.0 Å². The van der Waals surface area contributed by atoms with Crippen molar-refractivity contribution in [2.24, 2.45) is 0 Å². The highest BCUT2D eigenvalue weighted by molar-refractivity contribution is 5.75. The van der Waals surface area contributed by atoms with Gasteiger partial charge in [-0.15, -0.1) is 0 Å². The average molecular weight is 222 g/mol. The Morgan fingerprint density at radius 1 is 1.00 bits per heavy atom. The number of carbonyl (C=O) groups is 1. The quantitative estimate of drug-likeness (QED) is 0.726. The summed E-state index contributed by atoms with van der Waals surface area (Å²) < 4.78 is 0. The first-order valence-corrected chi connectivity index (χ1v) is 6.59. The van der Waals surface area contributed by atoms with Crippen molar-refractivity contribution in [2.45, 2.75) is 51.4 Å². The van der Waals surface area contributed by atoms with Gasteiger partial charge in [0.05, 0.1) is 0 Å². The number of hydrogen-bond donors (Lipinski definition) is 1. The van der Waals surface area contributed by atoms with Gasteiger partial charge in [-0.1, -0.05) is 12.0 Å². The van der Waals surface area contributed by atoms with Gasteiger partial charge in [0.1, 0.15) is 0 Å². The smallest absolute Gasteiger partial charge is 0.321 e. The van der Waals surface area contributed by atoms with E-state index in [1.165, 1.54) is 44.1 Å². The van der Waals surface area contributed by atoms with E-state index in [0.717, 1.165) is 25.9 Å². The number of nitrogens with one attached hydrogen (secondary N) is 1. The second-order valence-corrected chi connectivity index (χ2v) is 4.86. The molecule has 2 amide bonds. The van der Waals surface area contributed by atoms with Crippen molar-refractivity contribution >= 4 is 6.03 Å². The second-order valence-electron chi connectivity index (χ2n) is 4.86. The highest BCUT2D eigenvalue weighted by atomic mass is 16.2. The zero-order valence-electron chi connectivity index (χ0n) is 10.0. The van der Waals surface area contributed by atoms with E-state index in [-0.39, 0.29) is 6.03 Å². The summed E-state index contributed by atoms with van der Waals surface area (Å²) in [6.07, 6.45) is 11.8. The molecule has 3 nitrogen and oxygen atoms in total. The first kappa shape index (κ1) is 11.5. The summed E-state index contributed by atoms with van der Waals surface area (Å²) in [6, 6.07) is 0.0952. The highest BCUT2D eigenvalue weighted by Gasteiger charge is 2.15. The van der Waals surface area contributed by atoms with Crippen molar-refractivity contribution in [3.05, 3.63) is 11.8 Å². The third-order valence-corrected chi connectivity index (χ3v) is 3.54. The Kier molecular flexibility index (Phi) is 4.25. The standard InChI is InChI=1S/C13H22N2O/c16-13(15-9-5-2-6-10-15)14-11-12-7-3-1-4-8-12/h11H,1-10H2,(H,14,16). The molecule has 2 fully saturated rings. The number of amides is 2. The second kappa shape index (κ2) is 5.92. The number of carbonyl (C=O) groups excluding carboxylic acids is 1. The average Bonchev–Trinajstić information content (AvgIpc) is 2.38. The Balaban J connectivity index is 1.77. The van der Waals surface area contributed by atoms with Gasteiger partial charge in [-0.05, 0) is 44.9 Å². The number of hydrogen-bond acceptors (Lipinski definition) is 1. The number of piperidine rings is 1. The maximum atomic E-state index is 11.8. The van der Waals surface area contributed by atoms with Crippen molar-refractivity contribution < 1.29 is 4.79 Å². The Bertz CT molecular complexity index is 259. The monoisotopic (exact) mass is 222 g/mol. The van der Waals surface area contributed by atoms with Gasteiger partial charge in [-0.25, -0.2) is 4.79 Å². The number of allylic oxidation sites excluding steroid dienone is 1. The van der Waals surface area contributed by atoms with Crippen LogP contribution in [0.25, 0.3) is 0 Å². The first-order chi connectivity index (χ1) is 7.86. The fraction of sp³-hybridized carbons (Fsp3) is 0.769. The molecule has 0 bridgehead atoms. The van der Waals surface area contributed by atoms with E-state index >= 15 is 0 Å². The molecule has 2 aliphatic rings. The van der Waals surface area contributed by atoms with Crippen LogP contribution in [0.15, 0.2) is 11.8 Å². The van der Waals surface area contributed by atoms with Crippen LogP contribution in [0.2, 0.25) is 0 Å². The molecule has 0 spiro atoms. The van der Waals surface area contributed by atoms with E-state index in [1.807, 2.05) is 11.1 Å². The first-order valence-electron chi connectivity index (χ1n) is 6.59. The van der Waals surface area contributed by atoms with E-state index in [9.17, 15) is 4.79 Å². The summed E-state index contributed by atoms with van der Waals surface area (Å²) in [5, 5.41) is 2.95. The molecular formula is C13H22N2O. The molecule has 1 aliphatic carbocycles. The molecule has 0 aromatic carbocycles. The Morgan fingerprint density at radius 3 is 2.31 bits per heavy atom. The molecule has 1 saturated carbocycles. The van der Waals surface area contributed by atoms with Crippen molar-refractivity contribution in [2.75, 3.05) is 13.1 Å². The third-order valence-electron chi connectivity index (χ3n) is 3.54. The fourth-order valence-electron chi connectivity index (χ4n) is 2.50. The molecule has 90 valence electrons. The maximum absolute atomic E-state index is 11.8. The Morgan fingerprint density at radius 2 is 1.62 bits per heavy atom. The molecule has 0 aromatic heterocycles. The summed E-state index contributed by atoms with van der Waals surface area (Å²) >= 11 is 0. The molecule has 1 saturated heterocycles. The van der Waals surface area contributed by atoms with Crippen LogP contribution >= 0.6 is 0 Å². The molecule has 3 heteroatoms. The van der Waals surface area contributed by atoms with Crippen molar-refractivity contribution in [1.82, 2.24) is 10.2 Å². The van der Waals surface area contributed by atoms with Crippen LogP contribution in [0.1, 0.15) is 51.4 Å². The zero-order chi connectivity index (χ0) is 11.2. The molecule has 2 rings (SSSR count). The number of urea groups is 1. The minimum atomic E-state index is 0.0952. The molecule has 1 N–H and O–H groups in total. The largest absolute Gasteiger partial charge is 0.325 e. The minimum absolute atomic E-state index is 0.0952. The molecule has 0 aromatic rings. The normalized spacial score (nSPS) is 21.8. The summed E-state index contributed by atoms with van der Waals surface area (Å²) in [5.74, 6) is 0. The van der Waals surface area contributed by atoms with Crippen LogP contribution in [0.5, 0.6) is 0 Å². The Labute approximate surface area is 97.9 Å². The van der Waals surface area contributed by atoms with Gasteiger partial charge in [0.25, 0.3) is 0 Å². The van der Waals surface area contributed by atoms with E-state index in [0.29, 0.717) is 0 Å². The van der Waals surface area contributed by atoms with Crippen LogP contribution in [0, 0.1) is 0 Å². The van der Waals surface area contributed by atoms with Crippen molar-refractivity contribution in [1.29, 1.82) is 0 Å².